The summed E-state index contributed by atoms with van der Waals surface area (Å²) in [4.78, 5) is 29.9. The number of amides is 2. The van der Waals surface area contributed by atoms with Crippen LogP contribution in [0.3, 0.4) is 0 Å². The Hall–Kier alpha value is -4.74. The van der Waals surface area contributed by atoms with E-state index in [-0.39, 0.29) is 52.0 Å². The van der Waals surface area contributed by atoms with Crippen LogP contribution in [0.25, 0.3) is 0 Å². The fraction of sp³-hybridized carbons (Fsp3) is 0.297. The zero-order valence-electron chi connectivity index (χ0n) is 28.5. The van der Waals surface area contributed by atoms with Gasteiger partial charge in [-0.3, -0.25) is 13.9 Å². The lowest BCUT2D eigenvalue weighted by atomic mass is 10.0. The SMILES string of the molecule is COc1ccc(S(=O)(=O)N(CC(=O)N(Cc2ccc(C)cc2)C(Cc2ccccc2)C(=O)NC(C)C)c2cc(Cl)ccc2OC)cc1OC. The molecule has 2 amide bonds. The van der Waals surface area contributed by atoms with Crippen molar-refractivity contribution in [2.24, 2.45) is 0 Å². The zero-order chi connectivity index (χ0) is 35.7. The number of sulfonamides is 1. The van der Waals surface area contributed by atoms with Gasteiger partial charge >= 0.3 is 0 Å². The lowest BCUT2D eigenvalue weighted by molar-refractivity contribution is -0.140. The maximum atomic E-state index is 14.7. The lowest BCUT2D eigenvalue weighted by Crippen LogP contribution is -2.54. The summed E-state index contributed by atoms with van der Waals surface area (Å²) >= 11 is 6.39. The first-order chi connectivity index (χ1) is 23.4. The molecule has 1 atom stereocenters. The van der Waals surface area contributed by atoms with Crippen LogP contribution < -0.4 is 23.8 Å². The molecule has 260 valence electrons. The van der Waals surface area contributed by atoms with Crippen molar-refractivity contribution in [3.8, 4) is 17.2 Å². The van der Waals surface area contributed by atoms with E-state index in [9.17, 15) is 18.0 Å². The van der Waals surface area contributed by atoms with Crippen molar-refractivity contribution >= 4 is 39.1 Å². The zero-order valence-corrected chi connectivity index (χ0v) is 30.0. The van der Waals surface area contributed by atoms with Crippen LogP contribution in [0.4, 0.5) is 5.69 Å². The maximum absolute atomic E-state index is 14.7. The average Bonchev–Trinajstić information content (AvgIpc) is 3.09. The normalized spacial score (nSPS) is 11.8. The van der Waals surface area contributed by atoms with Gasteiger partial charge in [0.25, 0.3) is 10.0 Å². The highest BCUT2D eigenvalue weighted by atomic mass is 35.5. The highest BCUT2D eigenvalue weighted by Crippen LogP contribution is 2.37. The van der Waals surface area contributed by atoms with E-state index in [2.05, 4.69) is 5.32 Å². The third-order valence-corrected chi connectivity index (χ3v) is 9.80. The Morgan fingerprint density at radius 1 is 0.796 bits per heavy atom. The van der Waals surface area contributed by atoms with E-state index in [4.69, 9.17) is 25.8 Å². The monoisotopic (exact) mass is 707 g/mol. The molecule has 49 heavy (non-hydrogen) atoms. The van der Waals surface area contributed by atoms with Crippen molar-refractivity contribution in [2.75, 3.05) is 32.2 Å². The molecule has 4 aromatic carbocycles. The number of benzene rings is 4. The standard InChI is InChI=1S/C37H42ClN3O7S/c1-25(2)39-37(43)32(20-27-10-8-7-9-11-27)40(23-28-14-12-26(3)13-15-28)36(42)24-41(31-21-29(38)16-18-33(31)46-4)49(44,45)30-17-19-34(47-5)35(22-30)48-6/h7-19,21-22,25,32H,20,23-24H2,1-6H3,(H,39,43). The molecule has 0 aliphatic heterocycles. The molecule has 1 N–H and O–H groups in total. The number of nitrogens with zero attached hydrogens (tertiary/aromatic N) is 2. The van der Waals surface area contributed by atoms with Gasteiger partial charge in [-0.15, -0.1) is 0 Å². The molecule has 0 heterocycles. The number of methoxy groups -OCH3 is 3. The third kappa shape index (κ3) is 9.24. The summed E-state index contributed by atoms with van der Waals surface area (Å²) in [6.07, 6.45) is 0.194. The Labute approximate surface area is 293 Å². The molecule has 0 saturated carbocycles. The van der Waals surface area contributed by atoms with Crippen molar-refractivity contribution in [3.63, 3.8) is 0 Å². The second-order valence-electron chi connectivity index (χ2n) is 11.7. The van der Waals surface area contributed by atoms with Gasteiger partial charge in [0, 0.05) is 30.1 Å². The van der Waals surface area contributed by atoms with Crippen LogP contribution in [-0.2, 0) is 32.6 Å². The molecule has 0 spiro atoms. The molecule has 0 aromatic heterocycles. The predicted octanol–water partition coefficient (Wildman–Crippen LogP) is 6.03. The minimum absolute atomic E-state index is 0.0407. The van der Waals surface area contributed by atoms with Gasteiger partial charge in [0.15, 0.2) is 11.5 Å². The Morgan fingerprint density at radius 2 is 1.43 bits per heavy atom. The number of rotatable bonds is 15. The second kappa shape index (κ2) is 16.6. The van der Waals surface area contributed by atoms with Crippen molar-refractivity contribution in [1.29, 1.82) is 0 Å². The second-order valence-corrected chi connectivity index (χ2v) is 14.0. The molecule has 10 nitrogen and oxygen atoms in total. The fourth-order valence-corrected chi connectivity index (χ4v) is 6.90. The molecular formula is C37H42ClN3O7S. The van der Waals surface area contributed by atoms with Crippen LogP contribution in [0.15, 0.2) is 95.9 Å². The molecule has 0 aliphatic rings. The number of carbonyl (C=O) groups is 2. The highest BCUT2D eigenvalue weighted by Gasteiger charge is 2.36. The minimum atomic E-state index is -4.48. The van der Waals surface area contributed by atoms with Gasteiger partial charge in [-0.25, -0.2) is 8.42 Å². The van der Waals surface area contributed by atoms with E-state index in [0.717, 1.165) is 21.0 Å². The number of anilines is 1. The molecule has 1 unspecified atom stereocenters. The van der Waals surface area contributed by atoms with Crippen LogP contribution >= 0.6 is 11.6 Å². The average molecular weight is 708 g/mol. The van der Waals surface area contributed by atoms with Gasteiger partial charge < -0.3 is 24.4 Å². The predicted molar refractivity (Wildman–Crippen MR) is 191 cm³/mol. The first-order valence-corrected chi connectivity index (χ1v) is 17.5. The molecule has 0 fully saturated rings. The topological polar surface area (TPSA) is 114 Å². The summed E-state index contributed by atoms with van der Waals surface area (Å²) in [7, 11) is -0.248. The van der Waals surface area contributed by atoms with Crippen molar-refractivity contribution in [1.82, 2.24) is 10.2 Å². The largest absolute Gasteiger partial charge is 0.495 e. The Balaban J connectivity index is 1.88. The number of hydrogen-bond acceptors (Lipinski definition) is 7. The summed E-state index contributed by atoms with van der Waals surface area (Å²) in [6, 6.07) is 24.4. The van der Waals surface area contributed by atoms with E-state index < -0.39 is 28.5 Å². The van der Waals surface area contributed by atoms with Crippen molar-refractivity contribution < 1.29 is 32.2 Å². The molecule has 4 aromatic rings. The lowest BCUT2D eigenvalue weighted by Gasteiger charge is -2.34. The van der Waals surface area contributed by atoms with Crippen molar-refractivity contribution in [2.45, 2.75) is 50.7 Å². The van der Waals surface area contributed by atoms with Gasteiger partial charge in [-0.2, -0.15) is 0 Å². The summed E-state index contributed by atoms with van der Waals surface area (Å²) in [5.41, 5.74) is 2.67. The van der Waals surface area contributed by atoms with Gasteiger partial charge in [-0.1, -0.05) is 71.8 Å². The van der Waals surface area contributed by atoms with Crippen LogP contribution in [0.5, 0.6) is 17.2 Å². The van der Waals surface area contributed by atoms with E-state index in [0.29, 0.717) is 5.75 Å². The van der Waals surface area contributed by atoms with Crippen LogP contribution in [0.2, 0.25) is 5.02 Å². The Morgan fingerprint density at radius 3 is 2.04 bits per heavy atom. The Bertz CT molecular complexity index is 1850. The smallest absolute Gasteiger partial charge is 0.265 e. The highest BCUT2D eigenvalue weighted by molar-refractivity contribution is 7.92. The quantitative estimate of drug-likeness (QED) is 0.160. The molecule has 4 rings (SSSR count). The van der Waals surface area contributed by atoms with E-state index in [1.165, 1.54) is 56.6 Å². The van der Waals surface area contributed by atoms with Crippen LogP contribution in [0, 0.1) is 6.92 Å². The number of ether oxygens (including phenoxy) is 3. The summed E-state index contributed by atoms with van der Waals surface area (Å²) in [5.74, 6) is -0.305. The molecule has 12 heteroatoms. The number of halogens is 1. The first-order valence-electron chi connectivity index (χ1n) is 15.7. The van der Waals surface area contributed by atoms with E-state index >= 15 is 0 Å². The molecule has 0 saturated heterocycles. The van der Waals surface area contributed by atoms with Crippen LogP contribution in [-0.4, -0.2) is 65.1 Å². The summed E-state index contributed by atoms with van der Waals surface area (Å²) in [5, 5.41) is 3.18. The summed E-state index contributed by atoms with van der Waals surface area (Å²) < 4.78 is 46.3. The molecular weight excluding hydrogens is 666 g/mol. The van der Waals surface area contributed by atoms with Gasteiger partial charge in [0.1, 0.15) is 18.3 Å². The molecule has 0 aliphatic carbocycles. The minimum Gasteiger partial charge on any atom is -0.495 e. The summed E-state index contributed by atoms with van der Waals surface area (Å²) in [6.45, 7) is 4.99. The number of aryl methyl sites for hydroxylation is 1. The number of nitrogens with one attached hydrogen (secondary N) is 1. The van der Waals surface area contributed by atoms with Gasteiger partial charge in [0.2, 0.25) is 11.8 Å². The Kier molecular flexibility index (Phi) is 12.5. The van der Waals surface area contributed by atoms with Crippen LogP contribution in [0.1, 0.15) is 30.5 Å². The maximum Gasteiger partial charge on any atom is 0.265 e. The van der Waals surface area contributed by atoms with Gasteiger partial charge in [-0.05, 0) is 62.2 Å². The molecule has 0 bridgehead atoms. The fourth-order valence-electron chi connectivity index (χ4n) is 5.30. The number of carbonyl (C=O) groups excluding carboxylic acids is 2. The third-order valence-electron chi connectivity index (χ3n) is 7.81. The first kappa shape index (κ1) is 37.1. The van der Waals surface area contributed by atoms with Gasteiger partial charge in [0.05, 0.1) is 31.9 Å². The van der Waals surface area contributed by atoms with E-state index in [1.807, 2.05) is 75.4 Å². The molecule has 0 radical (unpaired) electrons. The van der Waals surface area contributed by atoms with E-state index in [1.54, 1.807) is 6.07 Å². The number of hydrogen-bond donors (Lipinski definition) is 1. The van der Waals surface area contributed by atoms with Crippen molar-refractivity contribution in [3.05, 3.63) is 113 Å².